The summed E-state index contributed by atoms with van der Waals surface area (Å²) in [7, 11) is 3.82. The van der Waals surface area contributed by atoms with E-state index in [1.165, 1.54) is 29.5 Å². The highest BCUT2D eigenvalue weighted by atomic mass is 35.5. The summed E-state index contributed by atoms with van der Waals surface area (Å²) in [5, 5.41) is 16.4. The van der Waals surface area contributed by atoms with Crippen LogP contribution in [0, 0.1) is 11.3 Å². The maximum absolute atomic E-state index is 12.3. The van der Waals surface area contributed by atoms with E-state index in [1.54, 1.807) is 30.3 Å². The summed E-state index contributed by atoms with van der Waals surface area (Å²) in [6.45, 7) is -0.583. The molecule has 3 rings (SSSR count). The zero-order valence-corrected chi connectivity index (χ0v) is 18.1. The lowest BCUT2D eigenvalue weighted by molar-refractivity contribution is -0.142. The molecule has 0 saturated heterocycles. The van der Waals surface area contributed by atoms with E-state index in [4.69, 9.17) is 16.3 Å². The van der Waals surface area contributed by atoms with Gasteiger partial charge >= 0.3 is 5.97 Å². The Morgan fingerprint density at radius 2 is 2.00 bits per heavy atom. The van der Waals surface area contributed by atoms with Gasteiger partial charge in [-0.1, -0.05) is 23.7 Å². The first-order chi connectivity index (χ1) is 15.4. The molecule has 0 fully saturated rings. The van der Waals surface area contributed by atoms with E-state index in [9.17, 15) is 14.9 Å². The van der Waals surface area contributed by atoms with E-state index in [1.807, 2.05) is 31.1 Å². The smallest absolute Gasteiger partial charge is 0.349 e. The molecule has 0 bridgehead atoms. The number of ether oxygens (including phenoxy) is 1. The van der Waals surface area contributed by atoms with Crippen LogP contribution in [0.3, 0.4) is 0 Å². The number of nitrogens with zero attached hydrogens (tertiary/aromatic N) is 5. The van der Waals surface area contributed by atoms with Gasteiger partial charge in [-0.3, -0.25) is 4.79 Å². The number of amides is 1. The Kier molecular flexibility index (Phi) is 7.21. The van der Waals surface area contributed by atoms with Crippen molar-refractivity contribution in [3.63, 3.8) is 0 Å². The summed E-state index contributed by atoms with van der Waals surface area (Å²) in [5.74, 6) is -1.50. The predicted octanol–water partition coefficient (Wildman–Crippen LogP) is 3.08. The summed E-state index contributed by atoms with van der Waals surface area (Å²) < 4.78 is 6.46. The summed E-state index contributed by atoms with van der Waals surface area (Å²) >= 11 is 6.03. The van der Waals surface area contributed by atoms with Crippen molar-refractivity contribution in [1.29, 1.82) is 5.26 Å². The Bertz CT molecular complexity index is 1180. The van der Waals surface area contributed by atoms with Gasteiger partial charge in [-0.05, 0) is 42.0 Å². The van der Waals surface area contributed by atoms with Crippen molar-refractivity contribution < 1.29 is 14.3 Å². The van der Waals surface area contributed by atoms with Gasteiger partial charge in [0.05, 0.1) is 11.4 Å². The maximum Gasteiger partial charge on any atom is 0.349 e. The number of nitrogens with one attached hydrogen (secondary N) is 1. The molecule has 0 aliphatic heterocycles. The fraction of sp³-hybridized carbons (Fsp3) is 0.136. The fourth-order valence-corrected chi connectivity index (χ4v) is 2.88. The van der Waals surface area contributed by atoms with E-state index in [0.717, 1.165) is 5.69 Å². The third kappa shape index (κ3) is 5.71. The third-order valence-corrected chi connectivity index (χ3v) is 4.53. The van der Waals surface area contributed by atoms with E-state index in [-0.39, 0.29) is 5.57 Å². The molecule has 0 aliphatic carbocycles. The number of benzene rings is 2. The molecule has 0 saturated carbocycles. The summed E-state index contributed by atoms with van der Waals surface area (Å²) in [5.41, 5.74) is 2.31. The monoisotopic (exact) mass is 450 g/mol. The normalized spacial score (nSPS) is 10.9. The SMILES string of the molecule is CN(C)c1ccc(/C=C(\C#N)C(=O)OCC(=O)Nc2cc(Cl)ccc2-n2cncn2)cc1. The average Bonchev–Trinajstić information content (AvgIpc) is 3.31. The first-order valence-corrected chi connectivity index (χ1v) is 9.76. The number of hydrogen-bond acceptors (Lipinski definition) is 7. The zero-order chi connectivity index (χ0) is 23.1. The molecule has 32 heavy (non-hydrogen) atoms. The van der Waals surface area contributed by atoms with Crippen molar-refractivity contribution >= 4 is 40.9 Å². The van der Waals surface area contributed by atoms with Crippen LogP contribution in [0.2, 0.25) is 5.02 Å². The van der Waals surface area contributed by atoms with Gasteiger partial charge in [-0.2, -0.15) is 10.4 Å². The van der Waals surface area contributed by atoms with Crippen LogP contribution in [0.15, 0.2) is 60.7 Å². The maximum atomic E-state index is 12.3. The van der Waals surface area contributed by atoms with E-state index < -0.39 is 18.5 Å². The molecule has 1 amide bonds. The molecule has 0 aliphatic rings. The van der Waals surface area contributed by atoms with Crippen LogP contribution >= 0.6 is 11.6 Å². The predicted molar refractivity (Wildman–Crippen MR) is 120 cm³/mol. The molecule has 0 radical (unpaired) electrons. The second-order valence-electron chi connectivity index (χ2n) is 6.78. The minimum Gasteiger partial charge on any atom is -0.451 e. The van der Waals surface area contributed by atoms with Crippen LogP contribution in [0.25, 0.3) is 11.8 Å². The lowest BCUT2D eigenvalue weighted by Crippen LogP contribution is -2.22. The molecule has 0 unspecified atom stereocenters. The number of nitriles is 1. The molecule has 0 spiro atoms. The van der Waals surface area contributed by atoms with Crippen molar-refractivity contribution in [2.24, 2.45) is 0 Å². The molecule has 162 valence electrons. The van der Waals surface area contributed by atoms with E-state index >= 15 is 0 Å². The lowest BCUT2D eigenvalue weighted by Gasteiger charge is -2.12. The standard InChI is InChI=1S/C22H19ClN6O3/c1-28(2)18-6-3-15(4-7-18)9-16(11-24)22(31)32-12-21(30)27-19-10-17(23)5-8-20(19)29-14-25-13-26-29/h3-10,13-14H,12H2,1-2H3,(H,27,30)/b16-9+. The number of esters is 1. The average molecular weight is 451 g/mol. The number of carbonyl (C=O) groups is 2. The summed E-state index contributed by atoms with van der Waals surface area (Å²) in [6.07, 6.45) is 4.22. The van der Waals surface area contributed by atoms with Gasteiger partial charge in [0.15, 0.2) is 6.61 Å². The molecule has 3 aromatic rings. The number of halogens is 1. The Balaban J connectivity index is 1.65. The molecular formula is C22H19ClN6O3. The second-order valence-corrected chi connectivity index (χ2v) is 7.22. The van der Waals surface area contributed by atoms with E-state index in [2.05, 4.69) is 15.4 Å². The number of aromatic nitrogens is 3. The molecule has 2 aromatic carbocycles. The molecule has 1 N–H and O–H groups in total. The van der Waals surface area contributed by atoms with Crippen molar-refractivity contribution in [2.45, 2.75) is 0 Å². The van der Waals surface area contributed by atoms with Crippen LogP contribution in [-0.4, -0.2) is 47.3 Å². The minimum absolute atomic E-state index is 0.221. The highest BCUT2D eigenvalue weighted by Crippen LogP contribution is 2.24. The Hall–Kier alpha value is -4.16. The topological polar surface area (TPSA) is 113 Å². The first-order valence-electron chi connectivity index (χ1n) is 9.38. The van der Waals surface area contributed by atoms with Gasteiger partial charge < -0.3 is 15.0 Å². The Morgan fingerprint density at radius 1 is 1.25 bits per heavy atom. The van der Waals surface area contributed by atoms with Crippen LogP contribution < -0.4 is 10.2 Å². The minimum atomic E-state index is -0.901. The Labute approximate surface area is 189 Å². The van der Waals surface area contributed by atoms with Gasteiger partial charge in [0.2, 0.25) is 0 Å². The van der Waals surface area contributed by atoms with Crippen molar-refractivity contribution in [3.8, 4) is 11.8 Å². The van der Waals surface area contributed by atoms with Crippen molar-refractivity contribution in [2.75, 3.05) is 30.9 Å². The number of carbonyl (C=O) groups excluding carboxylic acids is 2. The highest BCUT2D eigenvalue weighted by Gasteiger charge is 2.15. The molecule has 1 aromatic heterocycles. The van der Waals surface area contributed by atoms with Gasteiger partial charge in [-0.25, -0.2) is 14.5 Å². The summed E-state index contributed by atoms with van der Waals surface area (Å²) in [6, 6.07) is 13.9. The van der Waals surface area contributed by atoms with Crippen molar-refractivity contribution in [1.82, 2.24) is 14.8 Å². The molecule has 0 atom stereocenters. The molecular weight excluding hydrogens is 432 g/mol. The number of anilines is 2. The molecule has 10 heteroatoms. The zero-order valence-electron chi connectivity index (χ0n) is 17.3. The van der Waals surface area contributed by atoms with Crippen LogP contribution in [0.4, 0.5) is 11.4 Å². The molecule has 1 heterocycles. The van der Waals surface area contributed by atoms with Crippen LogP contribution in [0.5, 0.6) is 0 Å². The molecule has 9 nitrogen and oxygen atoms in total. The lowest BCUT2D eigenvalue weighted by atomic mass is 10.1. The third-order valence-electron chi connectivity index (χ3n) is 4.29. The quantitative estimate of drug-likeness (QED) is 0.334. The van der Waals surface area contributed by atoms with Gasteiger partial charge in [0.25, 0.3) is 5.91 Å². The van der Waals surface area contributed by atoms with Gasteiger partial charge in [0.1, 0.15) is 24.3 Å². The van der Waals surface area contributed by atoms with Crippen LogP contribution in [0.1, 0.15) is 5.56 Å². The van der Waals surface area contributed by atoms with E-state index in [0.29, 0.717) is 22.0 Å². The number of hydrogen-bond donors (Lipinski definition) is 1. The largest absolute Gasteiger partial charge is 0.451 e. The van der Waals surface area contributed by atoms with Crippen molar-refractivity contribution in [3.05, 3.63) is 71.3 Å². The van der Waals surface area contributed by atoms with Crippen LogP contribution in [-0.2, 0) is 14.3 Å². The fourth-order valence-electron chi connectivity index (χ4n) is 2.71. The first kappa shape index (κ1) is 22.5. The number of rotatable bonds is 7. The second kappa shape index (κ2) is 10.2. The van der Waals surface area contributed by atoms with Gasteiger partial charge in [0, 0.05) is 24.8 Å². The highest BCUT2D eigenvalue weighted by molar-refractivity contribution is 6.31. The Morgan fingerprint density at radius 3 is 2.62 bits per heavy atom. The van der Waals surface area contributed by atoms with Gasteiger partial charge in [-0.15, -0.1) is 0 Å². The summed E-state index contributed by atoms with van der Waals surface area (Å²) in [4.78, 5) is 30.4.